The largest absolute Gasteiger partial charge is 0.508 e. The highest BCUT2D eigenvalue weighted by atomic mass is 16.6. The van der Waals surface area contributed by atoms with Gasteiger partial charge in [0.1, 0.15) is 57.7 Å². The Morgan fingerprint density at radius 2 is 1.60 bits per heavy atom. The molecule has 252 valence electrons. The van der Waals surface area contributed by atoms with Gasteiger partial charge in [0, 0.05) is 35.0 Å². The van der Waals surface area contributed by atoms with E-state index in [0.29, 0.717) is 28.0 Å². The van der Waals surface area contributed by atoms with E-state index in [0.717, 1.165) is 0 Å². The van der Waals surface area contributed by atoms with Crippen LogP contribution in [0.15, 0.2) is 118 Å². The number of imidazole rings is 1. The molecule has 1 spiro atoms. The number of azo groups is 2. The highest BCUT2D eigenvalue weighted by molar-refractivity contribution is 6.05. The summed E-state index contributed by atoms with van der Waals surface area (Å²) in [6.45, 7) is 0. The van der Waals surface area contributed by atoms with Crippen LogP contribution in [0.2, 0.25) is 0 Å². The van der Waals surface area contributed by atoms with Crippen LogP contribution in [0.5, 0.6) is 34.5 Å². The SMILES string of the molecule is O=C1OC2(c3ccc(O)cc3Oc3cc(O)c(N=Nc4ncnc5nc[nH]c45)cc32)c2cccc(-c3c(O)ccc(N=Nc4cccnc4)c3O)c21. The average Bonchev–Trinajstić information content (AvgIpc) is 3.75. The molecule has 1 atom stereocenters. The van der Waals surface area contributed by atoms with Gasteiger partial charge in [-0.3, -0.25) is 4.98 Å². The molecule has 5 N–H and O–H groups in total. The van der Waals surface area contributed by atoms with E-state index < -0.39 is 17.3 Å². The second-order valence-corrected chi connectivity index (χ2v) is 11.7. The summed E-state index contributed by atoms with van der Waals surface area (Å²) in [4.78, 5) is 33.4. The first-order valence-corrected chi connectivity index (χ1v) is 15.5. The van der Waals surface area contributed by atoms with Crippen LogP contribution in [-0.4, -0.2) is 51.3 Å². The highest BCUT2D eigenvalue weighted by Gasteiger charge is 2.55. The molecule has 2 aliphatic heterocycles. The number of hydrogen-bond acceptors (Lipinski definition) is 15. The number of rotatable bonds is 5. The molecule has 16 nitrogen and oxygen atoms in total. The number of nitrogens with one attached hydrogen (secondary N) is 1. The van der Waals surface area contributed by atoms with Gasteiger partial charge in [0.05, 0.1) is 29.2 Å². The molecule has 0 bridgehead atoms. The summed E-state index contributed by atoms with van der Waals surface area (Å²) in [5.41, 5.74) is 0.541. The van der Waals surface area contributed by atoms with Crippen molar-refractivity contribution in [3.63, 3.8) is 0 Å². The second-order valence-electron chi connectivity index (χ2n) is 11.7. The van der Waals surface area contributed by atoms with Gasteiger partial charge in [-0.25, -0.2) is 19.7 Å². The maximum Gasteiger partial charge on any atom is 0.340 e. The van der Waals surface area contributed by atoms with Gasteiger partial charge in [0.15, 0.2) is 17.0 Å². The number of aromatic amines is 1. The summed E-state index contributed by atoms with van der Waals surface area (Å²) in [7, 11) is 0. The summed E-state index contributed by atoms with van der Waals surface area (Å²) in [5.74, 6) is -1.58. The maximum atomic E-state index is 14.2. The van der Waals surface area contributed by atoms with E-state index in [1.165, 1.54) is 55.2 Å². The molecule has 0 saturated carbocycles. The number of nitrogens with zero attached hydrogens (tertiary/aromatic N) is 8. The minimum absolute atomic E-state index is 0.0159. The summed E-state index contributed by atoms with van der Waals surface area (Å²) in [6.07, 6.45) is 5.79. The molecular weight excluding hydrogens is 670 g/mol. The third kappa shape index (κ3) is 4.58. The van der Waals surface area contributed by atoms with Crippen LogP contribution in [0.1, 0.15) is 27.0 Å². The Hall–Kier alpha value is -7.75. The zero-order valence-electron chi connectivity index (χ0n) is 26.3. The number of H-pyrrole nitrogens is 1. The molecule has 16 heteroatoms. The average molecular weight is 692 g/mol. The monoisotopic (exact) mass is 691 g/mol. The Morgan fingerprint density at radius 1 is 0.731 bits per heavy atom. The molecule has 0 fully saturated rings. The molecule has 3 aromatic heterocycles. The fourth-order valence-corrected chi connectivity index (χ4v) is 6.44. The number of hydrogen-bond donors (Lipinski definition) is 5. The normalized spacial score (nSPS) is 15.9. The number of pyridine rings is 1. The third-order valence-electron chi connectivity index (χ3n) is 8.69. The van der Waals surface area contributed by atoms with Crippen LogP contribution >= 0.6 is 0 Å². The van der Waals surface area contributed by atoms with E-state index in [1.807, 2.05) is 0 Å². The topological polar surface area (TPSA) is 233 Å². The number of fused-ring (bicyclic) bond motifs is 7. The summed E-state index contributed by atoms with van der Waals surface area (Å²) >= 11 is 0. The number of carbonyl (C=O) groups excluding carboxylic acids is 1. The number of phenolic OH excluding ortho intramolecular Hbond substituents is 4. The van der Waals surface area contributed by atoms with Crippen LogP contribution in [0, 0.1) is 0 Å². The summed E-state index contributed by atoms with van der Waals surface area (Å²) in [5, 5.41) is 60.7. The van der Waals surface area contributed by atoms with E-state index in [4.69, 9.17) is 9.47 Å². The van der Waals surface area contributed by atoms with Crippen molar-refractivity contribution in [2.45, 2.75) is 5.60 Å². The standard InChI is InChI=1S/C36H21N9O7/c46-18-6-7-20-27(11-18)51-28-13-26(48)24(44-45-34-31-33(39-15-38-31)40-16-41-34)12-22(28)36(20)21-5-1-4-19(29(21)35(50)52-36)30-25(47)9-8-23(32(30)49)43-42-17-3-2-10-37-14-17/h1-16,46-49H,(H,38,39,40,41). The molecule has 1 unspecified atom stereocenters. The van der Waals surface area contributed by atoms with Crippen LogP contribution in [0.25, 0.3) is 22.3 Å². The molecule has 9 rings (SSSR count). The molecular formula is C36H21N9O7. The first-order chi connectivity index (χ1) is 25.3. The lowest BCUT2D eigenvalue weighted by Gasteiger charge is -2.36. The van der Waals surface area contributed by atoms with E-state index >= 15 is 0 Å². The quantitative estimate of drug-likeness (QED) is 0.0869. The highest BCUT2D eigenvalue weighted by Crippen LogP contribution is 2.60. The van der Waals surface area contributed by atoms with Crippen molar-refractivity contribution in [2.75, 3.05) is 0 Å². The van der Waals surface area contributed by atoms with Crippen molar-refractivity contribution in [1.82, 2.24) is 24.9 Å². The first-order valence-electron chi connectivity index (χ1n) is 15.5. The number of esters is 1. The lowest BCUT2D eigenvalue weighted by atomic mass is 9.76. The van der Waals surface area contributed by atoms with E-state index in [-0.39, 0.29) is 68.2 Å². The zero-order chi connectivity index (χ0) is 35.6. The number of phenols is 4. The van der Waals surface area contributed by atoms with Crippen molar-refractivity contribution in [3.8, 4) is 45.6 Å². The number of aromatic hydroxyl groups is 4. The van der Waals surface area contributed by atoms with Gasteiger partial charge in [-0.05, 0) is 42.5 Å². The van der Waals surface area contributed by atoms with E-state index in [1.54, 1.807) is 42.6 Å². The maximum absolute atomic E-state index is 14.2. The van der Waals surface area contributed by atoms with Crippen molar-refractivity contribution in [2.24, 2.45) is 20.5 Å². The Balaban J connectivity index is 1.23. The lowest BCUT2D eigenvalue weighted by molar-refractivity contribution is 0.0224. The minimum atomic E-state index is -1.72. The number of ether oxygens (including phenoxy) is 2. The molecule has 0 radical (unpaired) electrons. The molecule has 0 amide bonds. The molecule has 0 saturated heterocycles. The van der Waals surface area contributed by atoms with Crippen LogP contribution in [-0.2, 0) is 10.3 Å². The fourth-order valence-electron chi connectivity index (χ4n) is 6.44. The van der Waals surface area contributed by atoms with Crippen molar-refractivity contribution in [1.29, 1.82) is 0 Å². The van der Waals surface area contributed by atoms with Gasteiger partial charge >= 0.3 is 5.97 Å². The predicted molar refractivity (Wildman–Crippen MR) is 181 cm³/mol. The first kappa shape index (κ1) is 30.3. The van der Waals surface area contributed by atoms with Crippen molar-refractivity contribution >= 4 is 40.0 Å². The number of aromatic nitrogens is 5. The number of benzene rings is 4. The van der Waals surface area contributed by atoms with Crippen molar-refractivity contribution < 1.29 is 34.7 Å². The fraction of sp³-hybridized carbons (Fsp3) is 0.0278. The Bertz CT molecular complexity index is 2680. The van der Waals surface area contributed by atoms with Gasteiger partial charge in [-0.2, -0.15) is 0 Å². The van der Waals surface area contributed by atoms with Gasteiger partial charge in [0.25, 0.3) is 0 Å². The van der Waals surface area contributed by atoms with E-state index in [2.05, 4.69) is 45.4 Å². The smallest absolute Gasteiger partial charge is 0.340 e. The van der Waals surface area contributed by atoms with Crippen LogP contribution in [0.4, 0.5) is 22.9 Å². The lowest BCUT2D eigenvalue weighted by Crippen LogP contribution is -2.32. The number of carbonyl (C=O) groups is 1. The molecule has 7 aromatic rings. The third-order valence-corrected chi connectivity index (χ3v) is 8.69. The van der Waals surface area contributed by atoms with Crippen LogP contribution < -0.4 is 4.74 Å². The van der Waals surface area contributed by atoms with Gasteiger partial charge < -0.3 is 34.9 Å². The Kier molecular flexibility index (Phi) is 6.65. The van der Waals surface area contributed by atoms with Gasteiger partial charge in [-0.1, -0.05) is 18.2 Å². The Labute approximate surface area is 291 Å². The van der Waals surface area contributed by atoms with Crippen molar-refractivity contribution in [3.05, 3.63) is 120 Å². The summed E-state index contributed by atoms with van der Waals surface area (Å²) < 4.78 is 12.5. The van der Waals surface area contributed by atoms with Gasteiger partial charge in [0.2, 0.25) is 5.82 Å². The molecule has 5 heterocycles. The molecule has 2 aliphatic rings. The zero-order valence-corrected chi connectivity index (χ0v) is 26.3. The minimum Gasteiger partial charge on any atom is -0.508 e. The predicted octanol–water partition coefficient (Wildman–Crippen LogP) is 7.64. The van der Waals surface area contributed by atoms with E-state index in [9.17, 15) is 25.2 Å². The molecule has 4 aromatic carbocycles. The summed E-state index contributed by atoms with van der Waals surface area (Å²) in [6, 6.07) is 18.1. The Morgan fingerprint density at radius 3 is 2.46 bits per heavy atom. The second kappa shape index (κ2) is 11.4. The van der Waals surface area contributed by atoms with Crippen LogP contribution in [0.3, 0.4) is 0 Å². The molecule has 52 heavy (non-hydrogen) atoms. The molecule has 0 aliphatic carbocycles. The van der Waals surface area contributed by atoms with Gasteiger partial charge in [-0.15, -0.1) is 20.5 Å².